The number of rotatable bonds is 2. The Bertz CT molecular complexity index is 517. The normalized spacial score (nSPS) is 26.2. The Morgan fingerprint density at radius 1 is 1.40 bits per heavy atom. The summed E-state index contributed by atoms with van der Waals surface area (Å²) in [5.74, 6) is -0.0903. The van der Waals surface area contributed by atoms with E-state index in [0.717, 1.165) is 18.7 Å². The van der Waals surface area contributed by atoms with Gasteiger partial charge in [0, 0.05) is 36.2 Å². The zero-order chi connectivity index (χ0) is 14.1. The van der Waals surface area contributed by atoms with E-state index in [1.54, 1.807) is 12.3 Å². The van der Waals surface area contributed by atoms with Gasteiger partial charge in [-0.25, -0.2) is 0 Å². The minimum Gasteiger partial charge on any atom is -0.398 e. The molecular weight excluding hydrogens is 252 g/mol. The Morgan fingerprint density at radius 3 is 3.05 bits per heavy atom. The van der Waals surface area contributed by atoms with Gasteiger partial charge in [-0.3, -0.25) is 14.7 Å². The van der Waals surface area contributed by atoms with Gasteiger partial charge in [0.1, 0.15) is 0 Å². The van der Waals surface area contributed by atoms with Gasteiger partial charge in [-0.1, -0.05) is 6.42 Å². The molecular formula is C15H22N4O. The highest BCUT2D eigenvalue weighted by atomic mass is 16.1. The van der Waals surface area contributed by atoms with Gasteiger partial charge < -0.3 is 11.1 Å². The minimum absolute atomic E-state index is 0.0903. The van der Waals surface area contributed by atoms with E-state index in [2.05, 4.69) is 15.2 Å². The van der Waals surface area contributed by atoms with Gasteiger partial charge in [0.2, 0.25) is 0 Å². The van der Waals surface area contributed by atoms with Crippen molar-refractivity contribution >= 4 is 11.6 Å². The third-order valence-electron chi connectivity index (χ3n) is 4.49. The van der Waals surface area contributed by atoms with Crippen LogP contribution in [0, 0.1) is 6.92 Å². The maximum atomic E-state index is 12.4. The van der Waals surface area contributed by atoms with Gasteiger partial charge in [-0.05, 0) is 38.8 Å². The lowest BCUT2D eigenvalue weighted by Gasteiger charge is -2.32. The standard InChI is InChI=1S/C15H22N4O/c1-10-8-12(16)11(9-17-10)15(20)18-13-5-7-19-6-3-2-4-14(13)19/h8-9,13-14H,2-7H2,1H3,(H2,16,17)(H,18,20). The van der Waals surface area contributed by atoms with Gasteiger partial charge in [-0.15, -0.1) is 0 Å². The van der Waals surface area contributed by atoms with Crippen LogP contribution in [-0.4, -0.2) is 41.0 Å². The van der Waals surface area contributed by atoms with E-state index in [0.29, 0.717) is 17.3 Å². The molecule has 0 saturated carbocycles. The molecule has 2 unspecified atom stereocenters. The van der Waals surface area contributed by atoms with Crippen LogP contribution in [0.3, 0.4) is 0 Å². The molecule has 5 nitrogen and oxygen atoms in total. The second-order valence-corrected chi connectivity index (χ2v) is 5.88. The summed E-state index contributed by atoms with van der Waals surface area (Å²) in [6.45, 7) is 4.14. The highest BCUT2D eigenvalue weighted by molar-refractivity contribution is 5.99. The van der Waals surface area contributed by atoms with Crippen LogP contribution in [0.2, 0.25) is 0 Å². The van der Waals surface area contributed by atoms with Gasteiger partial charge in [0.25, 0.3) is 5.91 Å². The molecule has 0 aromatic carbocycles. The molecule has 5 heteroatoms. The van der Waals surface area contributed by atoms with Crippen molar-refractivity contribution in [3.8, 4) is 0 Å². The van der Waals surface area contributed by atoms with Crippen LogP contribution in [0.4, 0.5) is 5.69 Å². The maximum absolute atomic E-state index is 12.4. The second-order valence-electron chi connectivity index (χ2n) is 5.88. The molecule has 0 aliphatic carbocycles. The van der Waals surface area contributed by atoms with E-state index in [9.17, 15) is 4.79 Å². The number of aromatic nitrogens is 1. The summed E-state index contributed by atoms with van der Waals surface area (Å²) in [5.41, 5.74) is 7.75. The molecule has 2 atom stereocenters. The zero-order valence-corrected chi connectivity index (χ0v) is 11.9. The summed E-state index contributed by atoms with van der Waals surface area (Å²) >= 11 is 0. The first-order valence-corrected chi connectivity index (χ1v) is 7.42. The summed E-state index contributed by atoms with van der Waals surface area (Å²) in [6.07, 6.45) is 6.35. The number of aryl methyl sites for hydroxylation is 1. The molecule has 2 saturated heterocycles. The average Bonchev–Trinajstić information content (AvgIpc) is 2.82. The van der Waals surface area contributed by atoms with Crippen LogP contribution >= 0.6 is 0 Å². The van der Waals surface area contributed by atoms with Gasteiger partial charge in [-0.2, -0.15) is 0 Å². The number of hydrogen-bond acceptors (Lipinski definition) is 4. The monoisotopic (exact) mass is 274 g/mol. The van der Waals surface area contributed by atoms with Crippen LogP contribution in [0.1, 0.15) is 41.7 Å². The molecule has 108 valence electrons. The van der Waals surface area contributed by atoms with E-state index >= 15 is 0 Å². The number of carbonyl (C=O) groups excluding carboxylic acids is 1. The lowest BCUT2D eigenvalue weighted by Crippen LogP contribution is -2.46. The highest BCUT2D eigenvalue weighted by Crippen LogP contribution is 2.27. The topological polar surface area (TPSA) is 71.2 Å². The number of nitrogens with zero attached hydrogens (tertiary/aromatic N) is 2. The van der Waals surface area contributed by atoms with Crippen molar-refractivity contribution in [1.29, 1.82) is 0 Å². The number of amides is 1. The van der Waals surface area contributed by atoms with Crippen molar-refractivity contribution < 1.29 is 4.79 Å². The SMILES string of the molecule is Cc1cc(N)c(C(=O)NC2CCN3CCCCC23)cn1. The van der Waals surface area contributed by atoms with Crippen LogP contribution in [0.15, 0.2) is 12.3 Å². The molecule has 3 N–H and O–H groups in total. The zero-order valence-electron chi connectivity index (χ0n) is 11.9. The summed E-state index contributed by atoms with van der Waals surface area (Å²) in [6, 6.07) is 2.51. The summed E-state index contributed by atoms with van der Waals surface area (Å²) in [7, 11) is 0. The molecule has 0 radical (unpaired) electrons. The fraction of sp³-hybridized carbons (Fsp3) is 0.600. The van der Waals surface area contributed by atoms with Crippen LogP contribution in [0.25, 0.3) is 0 Å². The van der Waals surface area contributed by atoms with Gasteiger partial charge in [0.05, 0.1) is 5.56 Å². The predicted molar refractivity (Wildman–Crippen MR) is 78.5 cm³/mol. The number of piperidine rings is 1. The van der Waals surface area contributed by atoms with E-state index < -0.39 is 0 Å². The van der Waals surface area contributed by atoms with Crippen molar-refractivity contribution in [2.24, 2.45) is 0 Å². The minimum atomic E-state index is -0.0903. The Balaban J connectivity index is 1.69. The van der Waals surface area contributed by atoms with E-state index in [1.165, 1.54) is 25.8 Å². The number of hydrogen-bond donors (Lipinski definition) is 2. The molecule has 20 heavy (non-hydrogen) atoms. The number of pyridine rings is 1. The predicted octanol–water partition coefficient (Wildman–Crippen LogP) is 1.33. The van der Waals surface area contributed by atoms with Crippen molar-refractivity contribution in [2.45, 2.75) is 44.7 Å². The fourth-order valence-electron chi connectivity index (χ4n) is 3.43. The van der Waals surface area contributed by atoms with Crippen LogP contribution in [-0.2, 0) is 0 Å². The first kappa shape index (κ1) is 13.4. The molecule has 0 bridgehead atoms. The van der Waals surface area contributed by atoms with E-state index in [1.807, 2.05) is 6.92 Å². The Kier molecular flexibility index (Phi) is 3.61. The van der Waals surface area contributed by atoms with Crippen molar-refractivity contribution in [3.05, 3.63) is 23.5 Å². The molecule has 2 aliphatic heterocycles. The number of nitrogen functional groups attached to an aromatic ring is 1. The van der Waals surface area contributed by atoms with Crippen molar-refractivity contribution in [2.75, 3.05) is 18.8 Å². The average molecular weight is 274 g/mol. The molecule has 2 aliphatic rings. The number of nitrogens with two attached hydrogens (primary N) is 1. The summed E-state index contributed by atoms with van der Waals surface area (Å²) in [5, 5.41) is 3.15. The largest absolute Gasteiger partial charge is 0.398 e. The molecule has 1 amide bonds. The third kappa shape index (κ3) is 2.50. The lowest BCUT2D eigenvalue weighted by atomic mass is 9.99. The third-order valence-corrected chi connectivity index (χ3v) is 4.49. The number of fused-ring (bicyclic) bond motifs is 1. The Hall–Kier alpha value is -1.62. The molecule has 2 fully saturated rings. The van der Waals surface area contributed by atoms with E-state index in [-0.39, 0.29) is 11.9 Å². The highest BCUT2D eigenvalue weighted by Gasteiger charge is 2.36. The lowest BCUT2D eigenvalue weighted by molar-refractivity contribution is 0.0916. The van der Waals surface area contributed by atoms with Crippen molar-refractivity contribution in [1.82, 2.24) is 15.2 Å². The quantitative estimate of drug-likeness (QED) is 0.853. The van der Waals surface area contributed by atoms with Gasteiger partial charge in [0.15, 0.2) is 0 Å². The number of carbonyl (C=O) groups is 1. The second kappa shape index (κ2) is 5.40. The van der Waals surface area contributed by atoms with Gasteiger partial charge >= 0.3 is 0 Å². The Labute approximate surface area is 119 Å². The molecule has 3 heterocycles. The van der Waals surface area contributed by atoms with Crippen LogP contribution in [0.5, 0.6) is 0 Å². The number of nitrogens with one attached hydrogen (secondary N) is 1. The van der Waals surface area contributed by atoms with Crippen molar-refractivity contribution in [3.63, 3.8) is 0 Å². The maximum Gasteiger partial charge on any atom is 0.255 e. The smallest absolute Gasteiger partial charge is 0.255 e. The molecule has 1 aromatic heterocycles. The first-order chi connectivity index (χ1) is 9.65. The summed E-state index contributed by atoms with van der Waals surface area (Å²) in [4.78, 5) is 19.0. The number of anilines is 1. The molecule has 0 spiro atoms. The fourth-order valence-corrected chi connectivity index (χ4v) is 3.43. The molecule has 3 rings (SSSR count). The van der Waals surface area contributed by atoms with E-state index in [4.69, 9.17) is 5.73 Å². The summed E-state index contributed by atoms with van der Waals surface area (Å²) < 4.78 is 0. The molecule has 1 aromatic rings. The van der Waals surface area contributed by atoms with Crippen LogP contribution < -0.4 is 11.1 Å². The first-order valence-electron chi connectivity index (χ1n) is 7.42. The Morgan fingerprint density at radius 2 is 2.25 bits per heavy atom.